The van der Waals surface area contributed by atoms with Crippen LogP contribution in [0.15, 0.2) is 29.2 Å². The molecule has 0 radical (unpaired) electrons. The molecule has 1 N–H and O–H groups in total. The fourth-order valence-corrected chi connectivity index (χ4v) is 2.60. The lowest BCUT2D eigenvalue weighted by Crippen LogP contribution is -2.23. The Morgan fingerprint density at radius 3 is 2.40 bits per heavy atom. The van der Waals surface area contributed by atoms with Gasteiger partial charge in [-0.3, -0.25) is 0 Å². The SMILES string of the molecule is CCSc1ccc([C@@](C)(O)C2CC2)cc1. The minimum absolute atomic E-state index is 0.474. The highest BCUT2D eigenvalue weighted by atomic mass is 32.2. The van der Waals surface area contributed by atoms with Crippen molar-refractivity contribution in [3.63, 3.8) is 0 Å². The van der Waals surface area contributed by atoms with Gasteiger partial charge in [-0.2, -0.15) is 0 Å². The molecule has 0 amide bonds. The van der Waals surface area contributed by atoms with E-state index in [1.807, 2.05) is 18.7 Å². The summed E-state index contributed by atoms with van der Waals surface area (Å²) in [5.41, 5.74) is 0.445. The molecular formula is C13H18OS. The Kier molecular flexibility index (Phi) is 3.08. The van der Waals surface area contributed by atoms with Gasteiger partial charge < -0.3 is 5.11 Å². The van der Waals surface area contributed by atoms with Crippen LogP contribution in [0.5, 0.6) is 0 Å². The Hall–Kier alpha value is -0.470. The first-order valence-electron chi connectivity index (χ1n) is 5.60. The van der Waals surface area contributed by atoms with Gasteiger partial charge in [-0.1, -0.05) is 19.1 Å². The van der Waals surface area contributed by atoms with E-state index in [4.69, 9.17) is 0 Å². The quantitative estimate of drug-likeness (QED) is 0.788. The van der Waals surface area contributed by atoms with Gasteiger partial charge in [-0.25, -0.2) is 0 Å². The van der Waals surface area contributed by atoms with Gasteiger partial charge in [0.2, 0.25) is 0 Å². The molecule has 0 unspecified atom stereocenters. The van der Waals surface area contributed by atoms with Gasteiger partial charge in [0.25, 0.3) is 0 Å². The summed E-state index contributed by atoms with van der Waals surface area (Å²) in [5.74, 6) is 1.57. The highest BCUT2D eigenvalue weighted by Gasteiger charge is 2.40. The topological polar surface area (TPSA) is 20.2 Å². The molecule has 0 aromatic heterocycles. The van der Waals surface area contributed by atoms with E-state index in [0.29, 0.717) is 5.92 Å². The highest BCUT2D eigenvalue weighted by molar-refractivity contribution is 7.99. The minimum atomic E-state index is -0.616. The molecular weight excluding hydrogens is 204 g/mol. The lowest BCUT2D eigenvalue weighted by Gasteiger charge is -2.23. The van der Waals surface area contributed by atoms with E-state index in [9.17, 15) is 5.11 Å². The van der Waals surface area contributed by atoms with Crippen LogP contribution in [0.2, 0.25) is 0 Å². The summed E-state index contributed by atoms with van der Waals surface area (Å²) in [6.07, 6.45) is 2.33. The molecule has 1 aliphatic rings. The molecule has 1 fully saturated rings. The van der Waals surface area contributed by atoms with Crippen molar-refractivity contribution in [1.82, 2.24) is 0 Å². The van der Waals surface area contributed by atoms with Crippen LogP contribution >= 0.6 is 11.8 Å². The summed E-state index contributed by atoms with van der Waals surface area (Å²) in [6, 6.07) is 8.35. The van der Waals surface area contributed by atoms with Crippen LogP contribution in [0, 0.1) is 5.92 Å². The van der Waals surface area contributed by atoms with Crippen molar-refractivity contribution in [1.29, 1.82) is 0 Å². The predicted octanol–water partition coefficient (Wildman–Crippen LogP) is 3.42. The number of rotatable bonds is 4. The summed E-state index contributed by atoms with van der Waals surface area (Å²) < 4.78 is 0. The molecule has 1 saturated carbocycles. The predicted molar refractivity (Wildman–Crippen MR) is 65.1 cm³/mol. The van der Waals surface area contributed by atoms with E-state index in [-0.39, 0.29) is 0 Å². The van der Waals surface area contributed by atoms with Gasteiger partial charge in [-0.15, -0.1) is 11.8 Å². The Labute approximate surface area is 95.9 Å². The van der Waals surface area contributed by atoms with Crippen molar-refractivity contribution in [3.05, 3.63) is 29.8 Å². The Morgan fingerprint density at radius 1 is 1.33 bits per heavy atom. The molecule has 2 heteroatoms. The lowest BCUT2D eigenvalue weighted by molar-refractivity contribution is 0.0330. The van der Waals surface area contributed by atoms with E-state index in [2.05, 4.69) is 31.2 Å². The molecule has 0 heterocycles. The molecule has 1 aromatic rings. The summed E-state index contributed by atoms with van der Waals surface area (Å²) in [7, 11) is 0. The fourth-order valence-electron chi connectivity index (χ4n) is 1.94. The maximum Gasteiger partial charge on any atom is 0.0896 e. The van der Waals surface area contributed by atoms with Crippen LogP contribution in [-0.4, -0.2) is 10.9 Å². The summed E-state index contributed by atoms with van der Waals surface area (Å²) >= 11 is 1.84. The standard InChI is InChI=1S/C13H18OS/c1-3-15-12-8-6-11(7-9-12)13(2,14)10-4-5-10/h6-10,14H,3-5H2,1-2H3/t13-/m0/s1. The highest BCUT2D eigenvalue weighted by Crippen LogP contribution is 2.45. The molecule has 0 spiro atoms. The largest absolute Gasteiger partial charge is 0.385 e. The van der Waals surface area contributed by atoms with Gasteiger partial charge in [0, 0.05) is 4.90 Å². The van der Waals surface area contributed by atoms with Crippen LogP contribution in [-0.2, 0) is 5.60 Å². The number of benzene rings is 1. The monoisotopic (exact) mass is 222 g/mol. The number of aliphatic hydroxyl groups is 1. The molecule has 0 saturated heterocycles. The summed E-state index contributed by atoms with van der Waals surface area (Å²) in [5, 5.41) is 10.3. The minimum Gasteiger partial charge on any atom is -0.385 e. The zero-order chi connectivity index (χ0) is 10.9. The van der Waals surface area contributed by atoms with Crippen molar-refractivity contribution in [3.8, 4) is 0 Å². The van der Waals surface area contributed by atoms with Crippen molar-refractivity contribution in [2.45, 2.75) is 37.2 Å². The first kappa shape index (κ1) is 11.0. The van der Waals surface area contributed by atoms with Crippen LogP contribution < -0.4 is 0 Å². The zero-order valence-electron chi connectivity index (χ0n) is 9.36. The maximum atomic E-state index is 10.3. The average Bonchev–Trinajstić information content (AvgIpc) is 3.02. The molecule has 0 aliphatic heterocycles. The van der Waals surface area contributed by atoms with Crippen molar-refractivity contribution < 1.29 is 5.11 Å². The van der Waals surface area contributed by atoms with Crippen LogP contribution in [0.25, 0.3) is 0 Å². The van der Waals surface area contributed by atoms with Crippen molar-refractivity contribution in [2.24, 2.45) is 5.92 Å². The van der Waals surface area contributed by atoms with E-state index in [0.717, 1.165) is 11.3 Å². The fraction of sp³-hybridized carbons (Fsp3) is 0.538. The number of hydrogen-bond donors (Lipinski definition) is 1. The zero-order valence-corrected chi connectivity index (χ0v) is 10.2. The van der Waals surface area contributed by atoms with Crippen LogP contribution in [0.1, 0.15) is 32.3 Å². The van der Waals surface area contributed by atoms with E-state index in [1.165, 1.54) is 17.7 Å². The second kappa shape index (κ2) is 4.18. The van der Waals surface area contributed by atoms with Gasteiger partial charge in [0.15, 0.2) is 0 Å². The molecule has 1 atom stereocenters. The Bertz CT molecular complexity index is 325. The number of thioether (sulfide) groups is 1. The molecule has 0 bridgehead atoms. The second-order valence-electron chi connectivity index (χ2n) is 4.38. The van der Waals surface area contributed by atoms with E-state index >= 15 is 0 Å². The summed E-state index contributed by atoms with van der Waals surface area (Å²) in [4.78, 5) is 1.29. The van der Waals surface area contributed by atoms with Gasteiger partial charge in [0.1, 0.15) is 0 Å². The van der Waals surface area contributed by atoms with Crippen molar-refractivity contribution in [2.75, 3.05) is 5.75 Å². The third-order valence-electron chi connectivity index (χ3n) is 3.12. The second-order valence-corrected chi connectivity index (χ2v) is 5.72. The van der Waals surface area contributed by atoms with E-state index in [1.54, 1.807) is 0 Å². The Balaban J connectivity index is 2.15. The van der Waals surface area contributed by atoms with Gasteiger partial charge >= 0.3 is 0 Å². The van der Waals surface area contributed by atoms with Gasteiger partial charge in [0.05, 0.1) is 5.60 Å². The molecule has 1 nitrogen and oxygen atoms in total. The van der Waals surface area contributed by atoms with Crippen LogP contribution in [0.4, 0.5) is 0 Å². The smallest absolute Gasteiger partial charge is 0.0896 e. The molecule has 2 rings (SSSR count). The first-order valence-corrected chi connectivity index (χ1v) is 6.59. The van der Waals surface area contributed by atoms with E-state index < -0.39 is 5.60 Å². The molecule has 1 aromatic carbocycles. The maximum absolute atomic E-state index is 10.3. The first-order chi connectivity index (χ1) is 7.14. The Morgan fingerprint density at radius 2 is 1.93 bits per heavy atom. The van der Waals surface area contributed by atoms with Crippen LogP contribution in [0.3, 0.4) is 0 Å². The average molecular weight is 222 g/mol. The summed E-state index contributed by atoms with van der Waals surface area (Å²) in [6.45, 7) is 4.09. The molecule has 1 aliphatic carbocycles. The molecule has 15 heavy (non-hydrogen) atoms. The third-order valence-corrected chi connectivity index (χ3v) is 4.02. The lowest BCUT2D eigenvalue weighted by atomic mass is 9.91. The van der Waals surface area contributed by atoms with Gasteiger partial charge in [-0.05, 0) is 49.1 Å². The normalized spacial score (nSPS) is 19.9. The number of hydrogen-bond acceptors (Lipinski definition) is 2. The van der Waals surface area contributed by atoms with Crippen molar-refractivity contribution >= 4 is 11.8 Å². The molecule has 82 valence electrons. The third kappa shape index (κ3) is 2.37.